The molecule has 120 valence electrons. The molecule has 1 amide bonds. The van der Waals surface area contributed by atoms with Crippen molar-refractivity contribution >= 4 is 23.3 Å². The smallest absolute Gasteiger partial charge is 0.337 e. The van der Waals surface area contributed by atoms with Crippen molar-refractivity contribution < 1.29 is 14.7 Å². The zero-order valence-corrected chi connectivity index (χ0v) is 13.1. The molecule has 0 atom stereocenters. The van der Waals surface area contributed by atoms with E-state index in [0.717, 1.165) is 44.5 Å². The van der Waals surface area contributed by atoms with Crippen LogP contribution in [-0.4, -0.2) is 30.1 Å². The van der Waals surface area contributed by atoms with Crippen molar-refractivity contribution in [2.45, 2.75) is 45.4 Å². The van der Waals surface area contributed by atoms with E-state index in [1.54, 1.807) is 12.1 Å². The molecule has 22 heavy (non-hydrogen) atoms. The zero-order chi connectivity index (χ0) is 15.9. The van der Waals surface area contributed by atoms with E-state index in [4.69, 9.17) is 0 Å². The first-order valence-electron chi connectivity index (χ1n) is 8.04. The Morgan fingerprint density at radius 3 is 2.59 bits per heavy atom. The lowest BCUT2D eigenvalue weighted by Crippen LogP contribution is -2.29. The predicted octanol–water partition coefficient (Wildman–Crippen LogP) is 3.50. The van der Waals surface area contributed by atoms with Crippen molar-refractivity contribution in [3.63, 3.8) is 0 Å². The van der Waals surface area contributed by atoms with Crippen LogP contribution in [0.25, 0.3) is 0 Å². The number of nitrogens with one attached hydrogen (secondary N) is 1. The van der Waals surface area contributed by atoms with Crippen LogP contribution in [0.3, 0.4) is 0 Å². The molecule has 5 heteroatoms. The number of rotatable bonds is 6. The summed E-state index contributed by atoms with van der Waals surface area (Å²) in [6.07, 6.45) is 5.67. The molecule has 0 saturated carbocycles. The fraction of sp³-hybridized carbons (Fsp3) is 0.529. The summed E-state index contributed by atoms with van der Waals surface area (Å²) >= 11 is 0. The van der Waals surface area contributed by atoms with Gasteiger partial charge < -0.3 is 15.3 Å². The van der Waals surface area contributed by atoms with Gasteiger partial charge in [-0.25, -0.2) is 4.79 Å². The van der Waals surface area contributed by atoms with Crippen LogP contribution in [0.2, 0.25) is 0 Å². The molecule has 5 nitrogen and oxygen atoms in total. The quantitative estimate of drug-likeness (QED) is 0.844. The molecule has 1 fully saturated rings. The molecule has 0 aromatic heterocycles. The average molecular weight is 304 g/mol. The van der Waals surface area contributed by atoms with Crippen molar-refractivity contribution in [2.24, 2.45) is 0 Å². The summed E-state index contributed by atoms with van der Waals surface area (Å²) in [6, 6.07) is 5.27. The maximum Gasteiger partial charge on any atom is 0.337 e. The Morgan fingerprint density at radius 2 is 1.95 bits per heavy atom. The van der Waals surface area contributed by atoms with Gasteiger partial charge in [-0.1, -0.05) is 13.3 Å². The molecule has 1 aromatic carbocycles. The first-order valence-corrected chi connectivity index (χ1v) is 8.04. The minimum Gasteiger partial charge on any atom is -0.478 e. The predicted molar refractivity (Wildman–Crippen MR) is 87.6 cm³/mol. The van der Waals surface area contributed by atoms with Crippen LogP contribution in [0.1, 0.15) is 55.8 Å². The van der Waals surface area contributed by atoms with Crippen molar-refractivity contribution in [3.05, 3.63) is 23.8 Å². The molecule has 1 aromatic rings. The normalized spacial score (nSPS) is 14.7. The van der Waals surface area contributed by atoms with Crippen molar-refractivity contribution in [1.29, 1.82) is 0 Å². The van der Waals surface area contributed by atoms with Gasteiger partial charge in [-0.15, -0.1) is 0 Å². The second-order valence-corrected chi connectivity index (χ2v) is 5.73. The van der Waals surface area contributed by atoms with Gasteiger partial charge in [-0.2, -0.15) is 0 Å². The number of carboxylic acids is 1. The van der Waals surface area contributed by atoms with Gasteiger partial charge in [-0.3, -0.25) is 4.79 Å². The van der Waals surface area contributed by atoms with Gasteiger partial charge in [0, 0.05) is 25.2 Å². The molecule has 0 unspecified atom stereocenters. The fourth-order valence-electron chi connectivity index (χ4n) is 2.72. The van der Waals surface area contributed by atoms with E-state index >= 15 is 0 Å². The Labute approximate surface area is 131 Å². The van der Waals surface area contributed by atoms with E-state index in [1.165, 1.54) is 6.42 Å². The Balaban J connectivity index is 2.16. The molecular weight excluding hydrogens is 280 g/mol. The molecule has 0 bridgehead atoms. The van der Waals surface area contributed by atoms with Crippen LogP contribution < -0.4 is 10.2 Å². The summed E-state index contributed by atoms with van der Waals surface area (Å²) in [7, 11) is 0. The molecule has 0 aliphatic carbocycles. The summed E-state index contributed by atoms with van der Waals surface area (Å²) < 4.78 is 0. The Hall–Kier alpha value is -2.04. The van der Waals surface area contributed by atoms with Crippen LogP contribution in [0.15, 0.2) is 18.2 Å². The number of piperidine rings is 1. The molecule has 1 saturated heterocycles. The number of carboxylic acid groups (broad SMARTS) is 1. The first kappa shape index (κ1) is 16.3. The number of carbonyl (C=O) groups is 2. The largest absolute Gasteiger partial charge is 0.478 e. The average Bonchev–Trinajstić information content (AvgIpc) is 2.54. The Morgan fingerprint density at radius 1 is 1.23 bits per heavy atom. The highest BCUT2D eigenvalue weighted by Crippen LogP contribution is 2.26. The summed E-state index contributed by atoms with van der Waals surface area (Å²) in [5.74, 6) is -1.14. The number of hydrogen-bond acceptors (Lipinski definition) is 3. The number of anilines is 2. The van der Waals surface area contributed by atoms with E-state index in [9.17, 15) is 14.7 Å². The number of amides is 1. The van der Waals surface area contributed by atoms with Crippen molar-refractivity contribution in [2.75, 3.05) is 23.3 Å². The zero-order valence-electron chi connectivity index (χ0n) is 13.1. The lowest BCUT2D eigenvalue weighted by Gasteiger charge is -2.29. The van der Waals surface area contributed by atoms with E-state index in [2.05, 4.69) is 10.2 Å². The first-order chi connectivity index (χ1) is 10.6. The van der Waals surface area contributed by atoms with Gasteiger partial charge in [-0.05, 0) is 43.9 Å². The third-order valence-electron chi connectivity index (χ3n) is 3.99. The maximum atomic E-state index is 11.8. The van der Waals surface area contributed by atoms with Gasteiger partial charge in [0.2, 0.25) is 5.91 Å². The summed E-state index contributed by atoms with van der Waals surface area (Å²) in [4.78, 5) is 25.5. The molecule has 2 rings (SSSR count). The third-order valence-corrected chi connectivity index (χ3v) is 3.99. The van der Waals surface area contributed by atoms with E-state index in [0.29, 0.717) is 12.1 Å². The minimum absolute atomic E-state index is 0.130. The monoisotopic (exact) mass is 304 g/mol. The van der Waals surface area contributed by atoms with Crippen LogP contribution in [-0.2, 0) is 4.79 Å². The van der Waals surface area contributed by atoms with E-state index in [1.807, 2.05) is 13.0 Å². The van der Waals surface area contributed by atoms with Gasteiger partial charge >= 0.3 is 5.97 Å². The highest BCUT2D eigenvalue weighted by molar-refractivity contribution is 6.01. The Kier molecular flexibility index (Phi) is 5.81. The van der Waals surface area contributed by atoms with Gasteiger partial charge in [0.25, 0.3) is 0 Å². The molecule has 1 aliphatic heterocycles. The lowest BCUT2D eigenvalue weighted by atomic mass is 10.1. The number of nitrogens with zero attached hydrogens (tertiary/aromatic N) is 1. The summed E-state index contributed by atoms with van der Waals surface area (Å²) in [5.41, 5.74) is 1.46. The van der Waals surface area contributed by atoms with Gasteiger partial charge in [0.15, 0.2) is 0 Å². The van der Waals surface area contributed by atoms with Crippen molar-refractivity contribution in [3.8, 4) is 0 Å². The Bertz CT molecular complexity index is 537. The lowest BCUT2D eigenvalue weighted by molar-refractivity contribution is -0.116. The SMILES string of the molecule is CCCCC(=O)Nc1ccc(N2CCCCC2)cc1C(=O)O. The van der Waals surface area contributed by atoms with E-state index in [-0.39, 0.29) is 11.5 Å². The molecule has 0 spiro atoms. The second kappa shape index (κ2) is 7.82. The fourth-order valence-corrected chi connectivity index (χ4v) is 2.72. The maximum absolute atomic E-state index is 11.8. The minimum atomic E-state index is -1.01. The van der Waals surface area contributed by atoms with Gasteiger partial charge in [0.05, 0.1) is 11.3 Å². The number of aromatic carboxylic acids is 1. The third kappa shape index (κ3) is 4.23. The number of unbranched alkanes of at least 4 members (excludes halogenated alkanes) is 1. The molecule has 1 heterocycles. The topological polar surface area (TPSA) is 69.6 Å². The molecular formula is C17H24N2O3. The number of carbonyl (C=O) groups excluding carboxylic acids is 1. The molecule has 0 radical (unpaired) electrons. The van der Waals surface area contributed by atoms with Crippen LogP contribution >= 0.6 is 0 Å². The number of benzene rings is 1. The highest BCUT2D eigenvalue weighted by Gasteiger charge is 2.17. The van der Waals surface area contributed by atoms with Crippen LogP contribution in [0, 0.1) is 0 Å². The summed E-state index contributed by atoms with van der Waals surface area (Å²) in [6.45, 7) is 3.94. The van der Waals surface area contributed by atoms with Crippen LogP contribution in [0.4, 0.5) is 11.4 Å². The summed E-state index contributed by atoms with van der Waals surface area (Å²) in [5, 5.41) is 12.1. The van der Waals surface area contributed by atoms with Crippen LogP contribution in [0.5, 0.6) is 0 Å². The van der Waals surface area contributed by atoms with E-state index < -0.39 is 5.97 Å². The van der Waals surface area contributed by atoms with Crippen molar-refractivity contribution in [1.82, 2.24) is 0 Å². The molecule has 1 aliphatic rings. The second-order valence-electron chi connectivity index (χ2n) is 5.73. The number of hydrogen-bond donors (Lipinski definition) is 2. The highest BCUT2D eigenvalue weighted by atomic mass is 16.4. The standard InChI is InChI=1S/C17H24N2O3/c1-2-3-7-16(20)18-15-9-8-13(12-14(15)17(21)22)19-10-5-4-6-11-19/h8-9,12H,2-7,10-11H2,1H3,(H,18,20)(H,21,22). The van der Waals surface area contributed by atoms with Gasteiger partial charge in [0.1, 0.15) is 0 Å². The molecule has 2 N–H and O–H groups in total.